The molecule has 0 atom stereocenters. The van der Waals surface area contributed by atoms with E-state index in [0.29, 0.717) is 23.3 Å². The highest BCUT2D eigenvalue weighted by Gasteiger charge is 2.30. The third-order valence-corrected chi connectivity index (χ3v) is 3.48. The normalized spacial score (nSPS) is 17.8. The number of hydrogen-bond acceptors (Lipinski definition) is 3. The minimum Gasteiger partial charge on any atom is -0.460 e. The van der Waals surface area contributed by atoms with Crippen LogP contribution in [0, 0.1) is 0 Å². The van der Waals surface area contributed by atoms with Crippen LogP contribution in [0.1, 0.15) is 11.3 Å². The van der Waals surface area contributed by atoms with Gasteiger partial charge in [-0.05, 0) is 24.3 Å². The molecule has 3 rings (SSSR count). The zero-order valence-electron chi connectivity index (χ0n) is 10.8. The van der Waals surface area contributed by atoms with Gasteiger partial charge in [0.2, 0.25) is 0 Å². The van der Waals surface area contributed by atoms with Crippen LogP contribution in [0.15, 0.2) is 28.7 Å². The van der Waals surface area contributed by atoms with Gasteiger partial charge in [0.15, 0.2) is 0 Å². The lowest BCUT2D eigenvalue weighted by Gasteiger charge is -2.26. The average Bonchev–Trinajstić information content (AvgIpc) is 2.80. The molecule has 6 heteroatoms. The Labute approximate surface area is 114 Å². The molecule has 2 aromatic rings. The second-order valence-electron chi connectivity index (χ2n) is 4.99. The summed E-state index contributed by atoms with van der Waals surface area (Å²) in [6.07, 6.45) is -4.32. The van der Waals surface area contributed by atoms with E-state index in [1.165, 1.54) is 6.07 Å². The van der Waals surface area contributed by atoms with Crippen molar-refractivity contribution in [3.8, 4) is 0 Å². The molecule has 108 valence electrons. The van der Waals surface area contributed by atoms with Crippen LogP contribution in [0.3, 0.4) is 0 Å². The van der Waals surface area contributed by atoms with Crippen LogP contribution in [-0.4, -0.2) is 31.1 Å². The third kappa shape index (κ3) is 2.81. The van der Waals surface area contributed by atoms with Gasteiger partial charge in [-0.1, -0.05) is 0 Å². The number of hydrogen-bond donors (Lipinski definition) is 1. The Kier molecular flexibility index (Phi) is 3.43. The molecule has 1 N–H and O–H groups in total. The Hall–Kier alpha value is -1.53. The lowest BCUT2D eigenvalue weighted by Crippen LogP contribution is -2.42. The van der Waals surface area contributed by atoms with E-state index < -0.39 is 11.7 Å². The lowest BCUT2D eigenvalue weighted by atomic mass is 10.1. The summed E-state index contributed by atoms with van der Waals surface area (Å²) in [7, 11) is 0. The number of halogens is 3. The van der Waals surface area contributed by atoms with E-state index in [1.807, 2.05) is 0 Å². The molecule has 20 heavy (non-hydrogen) atoms. The second-order valence-corrected chi connectivity index (χ2v) is 4.99. The first-order chi connectivity index (χ1) is 9.52. The zero-order chi connectivity index (χ0) is 14.2. The van der Waals surface area contributed by atoms with Crippen LogP contribution in [0.25, 0.3) is 11.0 Å². The van der Waals surface area contributed by atoms with Crippen molar-refractivity contribution in [3.05, 3.63) is 35.6 Å². The minimum atomic E-state index is -4.32. The van der Waals surface area contributed by atoms with Gasteiger partial charge in [0.25, 0.3) is 0 Å². The van der Waals surface area contributed by atoms with Crippen LogP contribution >= 0.6 is 0 Å². The van der Waals surface area contributed by atoms with Crippen LogP contribution in [0.5, 0.6) is 0 Å². The van der Waals surface area contributed by atoms with Crippen molar-refractivity contribution >= 4 is 11.0 Å². The fourth-order valence-corrected chi connectivity index (χ4v) is 2.44. The molecular weight excluding hydrogens is 269 g/mol. The molecule has 1 aromatic heterocycles. The molecule has 0 unspecified atom stereocenters. The summed E-state index contributed by atoms with van der Waals surface area (Å²) in [5.74, 6) is 0.709. The Morgan fingerprint density at radius 3 is 2.60 bits per heavy atom. The molecule has 1 fully saturated rings. The molecule has 1 aliphatic rings. The SMILES string of the molecule is FC(F)(F)c1ccc2oc(CN3CCNCC3)cc2c1. The van der Waals surface area contributed by atoms with Crippen LogP contribution in [0.4, 0.5) is 13.2 Å². The van der Waals surface area contributed by atoms with Gasteiger partial charge < -0.3 is 9.73 Å². The molecular formula is C14H15F3N2O. The molecule has 1 aromatic carbocycles. The van der Waals surface area contributed by atoms with Crippen molar-refractivity contribution in [2.45, 2.75) is 12.7 Å². The Morgan fingerprint density at radius 1 is 1.15 bits per heavy atom. The molecule has 2 heterocycles. The predicted octanol–water partition coefficient (Wildman–Crippen LogP) is 2.86. The first kappa shape index (κ1) is 13.5. The standard InChI is InChI=1S/C14H15F3N2O/c15-14(16,17)11-1-2-13-10(7-11)8-12(20-13)9-19-5-3-18-4-6-19/h1-2,7-8,18H,3-6,9H2. The van der Waals surface area contributed by atoms with E-state index in [1.54, 1.807) is 6.07 Å². The second kappa shape index (κ2) is 5.10. The van der Waals surface area contributed by atoms with Gasteiger partial charge in [0.05, 0.1) is 12.1 Å². The van der Waals surface area contributed by atoms with Crippen molar-refractivity contribution in [1.82, 2.24) is 10.2 Å². The summed E-state index contributed by atoms with van der Waals surface area (Å²) < 4.78 is 43.6. The van der Waals surface area contributed by atoms with Crippen molar-refractivity contribution in [3.63, 3.8) is 0 Å². The molecule has 0 aliphatic carbocycles. The largest absolute Gasteiger partial charge is 0.460 e. The van der Waals surface area contributed by atoms with Gasteiger partial charge in [-0.25, -0.2) is 0 Å². The smallest absolute Gasteiger partial charge is 0.416 e. The minimum absolute atomic E-state index is 0.503. The molecule has 3 nitrogen and oxygen atoms in total. The maximum absolute atomic E-state index is 12.6. The van der Waals surface area contributed by atoms with Crippen molar-refractivity contribution < 1.29 is 17.6 Å². The third-order valence-electron chi connectivity index (χ3n) is 3.48. The molecule has 0 bridgehead atoms. The van der Waals surface area contributed by atoms with Gasteiger partial charge in [0, 0.05) is 31.6 Å². The summed E-state index contributed by atoms with van der Waals surface area (Å²) in [6.45, 7) is 4.34. The first-order valence-corrected chi connectivity index (χ1v) is 6.55. The number of nitrogens with zero attached hydrogens (tertiary/aromatic N) is 1. The van der Waals surface area contributed by atoms with Crippen molar-refractivity contribution in [2.75, 3.05) is 26.2 Å². The number of benzene rings is 1. The Morgan fingerprint density at radius 2 is 1.90 bits per heavy atom. The molecule has 0 radical (unpaired) electrons. The molecule has 1 saturated heterocycles. The van der Waals surface area contributed by atoms with E-state index in [0.717, 1.165) is 38.3 Å². The summed E-state index contributed by atoms with van der Waals surface area (Å²) >= 11 is 0. The maximum atomic E-state index is 12.6. The van der Waals surface area contributed by atoms with Gasteiger partial charge in [0.1, 0.15) is 11.3 Å². The fourth-order valence-electron chi connectivity index (χ4n) is 2.44. The van der Waals surface area contributed by atoms with E-state index in [2.05, 4.69) is 10.2 Å². The lowest BCUT2D eigenvalue weighted by molar-refractivity contribution is -0.137. The maximum Gasteiger partial charge on any atom is 0.416 e. The van der Waals surface area contributed by atoms with E-state index >= 15 is 0 Å². The number of rotatable bonds is 2. The average molecular weight is 284 g/mol. The quantitative estimate of drug-likeness (QED) is 0.919. The zero-order valence-corrected chi connectivity index (χ0v) is 10.8. The van der Waals surface area contributed by atoms with Crippen molar-refractivity contribution in [1.29, 1.82) is 0 Å². The van der Waals surface area contributed by atoms with Crippen LogP contribution in [0.2, 0.25) is 0 Å². The highest BCUT2D eigenvalue weighted by molar-refractivity contribution is 5.78. The number of furan rings is 1. The molecule has 0 amide bonds. The highest BCUT2D eigenvalue weighted by atomic mass is 19.4. The van der Waals surface area contributed by atoms with Crippen LogP contribution < -0.4 is 5.32 Å². The van der Waals surface area contributed by atoms with Crippen molar-refractivity contribution in [2.24, 2.45) is 0 Å². The number of alkyl halides is 3. The first-order valence-electron chi connectivity index (χ1n) is 6.55. The van der Waals surface area contributed by atoms with E-state index in [-0.39, 0.29) is 0 Å². The van der Waals surface area contributed by atoms with E-state index in [4.69, 9.17) is 4.42 Å². The number of nitrogens with one attached hydrogen (secondary N) is 1. The number of piperazine rings is 1. The summed E-state index contributed by atoms with van der Waals surface area (Å²) in [6, 6.07) is 5.28. The summed E-state index contributed by atoms with van der Waals surface area (Å²) in [5, 5.41) is 3.76. The molecule has 0 spiro atoms. The Bertz CT molecular complexity index is 600. The highest BCUT2D eigenvalue weighted by Crippen LogP contribution is 2.32. The summed E-state index contributed by atoms with van der Waals surface area (Å²) in [4.78, 5) is 2.22. The van der Waals surface area contributed by atoms with Gasteiger partial charge in [-0.15, -0.1) is 0 Å². The summed E-state index contributed by atoms with van der Waals surface area (Å²) in [5.41, 5.74) is -0.136. The molecule has 0 saturated carbocycles. The predicted molar refractivity (Wildman–Crippen MR) is 69.4 cm³/mol. The van der Waals surface area contributed by atoms with Gasteiger partial charge in [-0.2, -0.15) is 13.2 Å². The van der Waals surface area contributed by atoms with Gasteiger partial charge >= 0.3 is 6.18 Å². The fraction of sp³-hybridized carbons (Fsp3) is 0.429. The monoisotopic (exact) mass is 284 g/mol. The topological polar surface area (TPSA) is 28.4 Å². The Balaban J connectivity index is 1.83. The van der Waals surface area contributed by atoms with E-state index in [9.17, 15) is 13.2 Å². The van der Waals surface area contributed by atoms with Gasteiger partial charge in [-0.3, -0.25) is 4.90 Å². The molecule has 1 aliphatic heterocycles. The number of fused-ring (bicyclic) bond motifs is 1. The van der Waals surface area contributed by atoms with Crippen LogP contribution in [-0.2, 0) is 12.7 Å².